The van der Waals surface area contributed by atoms with Crippen LogP contribution in [-0.4, -0.2) is 32.2 Å². The Balaban J connectivity index is 1.27. The molecule has 0 unspecified atom stereocenters. The van der Waals surface area contributed by atoms with Gasteiger partial charge in [0.1, 0.15) is 12.6 Å². The Morgan fingerprint density at radius 2 is 1.45 bits per heavy atom. The van der Waals surface area contributed by atoms with Gasteiger partial charge in [0.2, 0.25) is 5.51 Å². The van der Waals surface area contributed by atoms with E-state index in [-0.39, 0.29) is 12.4 Å². The number of unbranched alkanes of at least 4 members (excludes halogenated alkanes) is 15. The summed E-state index contributed by atoms with van der Waals surface area (Å²) in [6.45, 7) is 5.54. The molecule has 1 aromatic rings. The van der Waals surface area contributed by atoms with Crippen LogP contribution < -0.4 is 4.57 Å². The fourth-order valence-electron chi connectivity index (χ4n) is 4.53. The molecule has 0 bridgehead atoms. The van der Waals surface area contributed by atoms with Gasteiger partial charge in [-0.3, -0.25) is 0 Å². The van der Waals surface area contributed by atoms with Crippen molar-refractivity contribution in [1.29, 1.82) is 0 Å². The van der Waals surface area contributed by atoms with Crippen LogP contribution in [0.15, 0.2) is 17.1 Å². The van der Waals surface area contributed by atoms with Gasteiger partial charge in [-0.2, -0.15) is 4.57 Å². The van der Waals surface area contributed by atoms with Crippen LogP contribution in [0.4, 0.5) is 0 Å². The maximum absolute atomic E-state index is 6.00. The highest BCUT2D eigenvalue weighted by atomic mass is 32.1. The first-order valence-corrected chi connectivity index (χ1v) is 15.1. The molecule has 4 nitrogen and oxygen atoms in total. The number of thiazole rings is 1. The predicted molar refractivity (Wildman–Crippen MR) is 139 cm³/mol. The normalized spacial score (nSPS) is 18.3. The van der Waals surface area contributed by atoms with E-state index in [9.17, 15) is 0 Å². The lowest BCUT2D eigenvalue weighted by Gasteiger charge is -2.11. The van der Waals surface area contributed by atoms with Crippen LogP contribution in [0.3, 0.4) is 0 Å². The Morgan fingerprint density at radius 1 is 0.818 bits per heavy atom. The molecule has 0 saturated carbocycles. The number of rotatable bonds is 23. The molecule has 1 fully saturated rings. The summed E-state index contributed by atoms with van der Waals surface area (Å²) < 4.78 is 19.8. The van der Waals surface area contributed by atoms with Gasteiger partial charge < -0.3 is 14.2 Å². The Labute approximate surface area is 208 Å². The summed E-state index contributed by atoms with van der Waals surface area (Å²) in [6.07, 6.45) is 26.6. The third kappa shape index (κ3) is 15.9. The SMILES string of the molecule is CCCCCCCCCCCCCCCCC[C@@H]1OC[C@@H](COCCCC[n+]2ccsc2)O1. The average molecular weight is 483 g/mol. The van der Waals surface area contributed by atoms with Crippen molar-refractivity contribution in [2.24, 2.45) is 0 Å². The summed E-state index contributed by atoms with van der Waals surface area (Å²) >= 11 is 1.74. The molecule has 2 heterocycles. The van der Waals surface area contributed by atoms with Crippen LogP contribution >= 0.6 is 11.3 Å². The Morgan fingerprint density at radius 3 is 2.06 bits per heavy atom. The van der Waals surface area contributed by atoms with E-state index in [2.05, 4.69) is 28.6 Å². The topological polar surface area (TPSA) is 31.6 Å². The first-order valence-electron chi connectivity index (χ1n) is 14.1. The van der Waals surface area contributed by atoms with Crippen molar-refractivity contribution < 1.29 is 18.8 Å². The van der Waals surface area contributed by atoms with Gasteiger partial charge >= 0.3 is 0 Å². The maximum Gasteiger partial charge on any atom is 0.224 e. The molecule has 192 valence electrons. The molecule has 0 radical (unpaired) electrons. The fourth-order valence-corrected chi connectivity index (χ4v) is 5.16. The zero-order valence-electron chi connectivity index (χ0n) is 21.5. The summed E-state index contributed by atoms with van der Waals surface area (Å²) in [5, 5.41) is 2.11. The number of aromatic nitrogens is 1. The predicted octanol–water partition coefficient (Wildman–Crippen LogP) is 7.84. The number of ether oxygens (including phenoxy) is 3. The van der Waals surface area contributed by atoms with Crippen molar-refractivity contribution in [1.82, 2.24) is 0 Å². The molecule has 1 aliphatic heterocycles. The fraction of sp³-hybridized carbons (Fsp3) is 0.893. The van der Waals surface area contributed by atoms with Crippen molar-refractivity contribution in [3.05, 3.63) is 17.1 Å². The van der Waals surface area contributed by atoms with Gasteiger partial charge in [-0.15, -0.1) is 0 Å². The van der Waals surface area contributed by atoms with E-state index in [4.69, 9.17) is 14.2 Å². The van der Waals surface area contributed by atoms with E-state index < -0.39 is 0 Å². The number of hydrogen-bond acceptors (Lipinski definition) is 4. The number of nitrogens with zero attached hydrogens (tertiary/aromatic N) is 1. The third-order valence-electron chi connectivity index (χ3n) is 6.64. The molecule has 1 aliphatic rings. The van der Waals surface area contributed by atoms with E-state index in [1.165, 1.54) is 96.3 Å². The molecule has 1 aromatic heterocycles. The second kappa shape index (κ2) is 20.8. The molecule has 0 aromatic carbocycles. The Kier molecular flexibility index (Phi) is 18.2. The quantitative estimate of drug-likeness (QED) is 0.118. The standard InChI is InChI=1S/C28H52NO3S/c1-2-3-4-5-6-7-8-9-10-11-12-13-14-15-16-19-28-31-25-27(32-28)24-30-22-18-17-20-29-21-23-33-26-29/h21,23,26-28H,2-20,22,24-25H2,1H3/q+1/t27-,28-/m1/s1. The minimum absolute atomic E-state index is 0.00411. The molecule has 0 spiro atoms. The molecule has 0 N–H and O–H groups in total. The van der Waals surface area contributed by atoms with Crippen molar-refractivity contribution in [3.8, 4) is 0 Å². The first kappa shape index (κ1) is 28.7. The highest BCUT2D eigenvalue weighted by Gasteiger charge is 2.25. The van der Waals surface area contributed by atoms with E-state index in [0.29, 0.717) is 13.2 Å². The largest absolute Gasteiger partial charge is 0.379 e. The van der Waals surface area contributed by atoms with Crippen LogP contribution in [0, 0.1) is 0 Å². The molecule has 33 heavy (non-hydrogen) atoms. The Hall–Kier alpha value is -0.490. The highest BCUT2D eigenvalue weighted by Crippen LogP contribution is 2.19. The van der Waals surface area contributed by atoms with Gasteiger partial charge in [0.05, 0.1) is 18.6 Å². The van der Waals surface area contributed by atoms with Crippen molar-refractivity contribution in [3.63, 3.8) is 0 Å². The van der Waals surface area contributed by atoms with Gasteiger partial charge in [-0.05, 0) is 19.3 Å². The summed E-state index contributed by atoms with van der Waals surface area (Å²) in [6, 6.07) is 0. The second-order valence-corrected chi connectivity index (χ2v) is 10.6. The van der Waals surface area contributed by atoms with Crippen LogP contribution in [0.1, 0.15) is 122 Å². The van der Waals surface area contributed by atoms with Crippen LogP contribution in [0.2, 0.25) is 0 Å². The van der Waals surface area contributed by atoms with Gasteiger partial charge in [0.25, 0.3) is 0 Å². The van der Waals surface area contributed by atoms with Crippen molar-refractivity contribution >= 4 is 11.3 Å². The van der Waals surface area contributed by atoms with Gasteiger partial charge in [-0.25, -0.2) is 0 Å². The summed E-state index contributed by atoms with van der Waals surface area (Å²) in [5.41, 5.74) is 2.16. The van der Waals surface area contributed by atoms with Crippen molar-refractivity contribution in [2.45, 2.75) is 141 Å². The van der Waals surface area contributed by atoms with Crippen LogP contribution in [0.5, 0.6) is 0 Å². The van der Waals surface area contributed by atoms with Gasteiger partial charge in [-0.1, -0.05) is 108 Å². The molecule has 2 rings (SSSR count). The minimum atomic E-state index is -0.00411. The number of hydrogen-bond donors (Lipinski definition) is 0. The van der Waals surface area contributed by atoms with Crippen LogP contribution in [0.25, 0.3) is 0 Å². The molecule has 0 aliphatic carbocycles. The summed E-state index contributed by atoms with van der Waals surface area (Å²) in [7, 11) is 0. The van der Waals surface area contributed by atoms with E-state index in [1.807, 2.05) is 0 Å². The smallest absolute Gasteiger partial charge is 0.224 e. The van der Waals surface area contributed by atoms with Gasteiger partial charge in [0, 0.05) is 13.0 Å². The molecule has 5 heteroatoms. The minimum Gasteiger partial charge on any atom is -0.379 e. The third-order valence-corrected chi connectivity index (χ3v) is 7.31. The highest BCUT2D eigenvalue weighted by molar-refractivity contribution is 7.07. The zero-order valence-corrected chi connectivity index (χ0v) is 22.3. The van der Waals surface area contributed by atoms with E-state index in [0.717, 1.165) is 32.4 Å². The molecule has 0 amide bonds. The number of aryl methyl sites for hydroxylation is 1. The lowest BCUT2D eigenvalue weighted by atomic mass is 10.0. The molecular weight excluding hydrogens is 430 g/mol. The van der Waals surface area contributed by atoms with Crippen LogP contribution in [-0.2, 0) is 20.8 Å². The van der Waals surface area contributed by atoms with E-state index in [1.54, 1.807) is 11.3 Å². The maximum atomic E-state index is 6.00. The average Bonchev–Trinajstić information content (AvgIpc) is 3.51. The molecular formula is C28H52NO3S+. The first-order chi connectivity index (χ1) is 16.4. The zero-order chi connectivity index (χ0) is 23.2. The molecule has 2 atom stereocenters. The van der Waals surface area contributed by atoms with Gasteiger partial charge in [0.15, 0.2) is 12.5 Å². The second-order valence-electron chi connectivity index (χ2n) is 9.81. The Bertz CT molecular complexity index is 525. The lowest BCUT2D eigenvalue weighted by molar-refractivity contribution is -0.692. The molecule has 1 saturated heterocycles. The summed E-state index contributed by atoms with van der Waals surface area (Å²) in [5.74, 6) is 0. The lowest BCUT2D eigenvalue weighted by Crippen LogP contribution is -2.30. The monoisotopic (exact) mass is 482 g/mol. The van der Waals surface area contributed by atoms with Crippen molar-refractivity contribution in [2.75, 3.05) is 19.8 Å². The summed E-state index contributed by atoms with van der Waals surface area (Å²) in [4.78, 5) is 0. The van der Waals surface area contributed by atoms with E-state index >= 15 is 0 Å².